The second-order valence-electron chi connectivity index (χ2n) is 6.94. The molecule has 0 aliphatic carbocycles. The summed E-state index contributed by atoms with van der Waals surface area (Å²) in [5.74, 6) is -1.11. The van der Waals surface area contributed by atoms with E-state index in [1.165, 1.54) is 23.5 Å². The number of sulfone groups is 1. The van der Waals surface area contributed by atoms with E-state index in [-0.39, 0.29) is 35.1 Å². The summed E-state index contributed by atoms with van der Waals surface area (Å²) in [5.41, 5.74) is 1.34. The molecule has 0 saturated carbocycles. The van der Waals surface area contributed by atoms with Crippen LogP contribution in [0.3, 0.4) is 0 Å². The molecular weight excluding hydrogens is 426 g/mol. The summed E-state index contributed by atoms with van der Waals surface area (Å²) in [6.07, 6.45) is 1.46. The molecule has 3 amide bonds. The SMILES string of the molecule is Cn1c(=NC(=O)c2cccc(N3C(=O)CCC3=O)c2)sc2cc(S(C)(=O)=O)ccc21. The summed E-state index contributed by atoms with van der Waals surface area (Å²) in [6.45, 7) is 0. The molecule has 1 aliphatic heterocycles. The van der Waals surface area contributed by atoms with Crippen molar-refractivity contribution in [3.05, 3.63) is 52.8 Å². The Balaban J connectivity index is 1.73. The van der Waals surface area contributed by atoms with E-state index < -0.39 is 15.7 Å². The standard InChI is InChI=1S/C20H17N3O5S2/c1-22-15-7-6-14(30(2,27)28)11-16(15)29-20(22)21-19(26)12-4-3-5-13(10-12)23-17(24)8-9-18(23)25/h3-7,10-11H,8-9H2,1-2H3. The van der Waals surface area contributed by atoms with E-state index in [1.807, 2.05) is 0 Å². The van der Waals surface area contributed by atoms with Crippen LogP contribution in [-0.2, 0) is 26.5 Å². The lowest BCUT2D eigenvalue weighted by atomic mass is 10.2. The zero-order valence-electron chi connectivity index (χ0n) is 16.2. The van der Waals surface area contributed by atoms with Gasteiger partial charge in [-0.1, -0.05) is 17.4 Å². The van der Waals surface area contributed by atoms with Crippen molar-refractivity contribution >= 4 is 54.8 Å². The fraction of sp³-hybridized carbons (Fsp3) is 0.200. The number of imide groups is 1. The lowest BCUT2D eigenvalue weighted by molar-refractivity contribution is -0.121. The number of carbonyl (C=O) groups excluding carboxylic acids is 3. The van der Waals surface area contributed by atoms with Crippen LogP contribution in [0.2, 0.25) is 0 Å². The second kappa shape index (κ2) is 7.29. The summed E-state index contributed by atoms with van der Waals surface area (Å²) in [6, 6.07) is 11.0. The number of carbonyl (C=O) groups is 3. The number of anilines is 1. The molecule has 0 unspecified atom stereocenters. The third-order valence-corrected chi connectivity index (χ3v) is 7.01. The molecule has 2 aromatic carbocycles. The maximum Gasteiger partial charge on any atom is 0.279 e. The van der Waals surface area contributed by atoms with Crippen LogP contribution in [0.1, 0.15) is 23.2 Å². The first-order valence-electron chi connectivity index (χ1n) is 9.00. The lowest BCUT2D eigenvalue weighted by Gasteiger charge is -2.14. The Labute approximate surface area is 176 Å². The minimum Gasteiger partial charge on any atom is -0.319 e. The van der Waals surface area contributed by atoms with Gasteiger partial charge in [-0.05, 0) is 36.4 Å². The Morgan fingerprint density at radius 3 is 2.43 bits per heavy atom. The van der Waals surface area contributed by atoms with Gasteiger partial charge in [0.2, 0.25) is 11.8 Å². The van der Waals surface area contributed by atoms with Gasteiger partial charge >= 0.3 is 0 Å². The molecule has 0 N–H and O–H groups in total. The Kier molecular flexibility index (Phi) is 4.91. The molecule has 1 fully saturated rings. The first-order chi connectivity index (χ1) is 14.1. The van der Waals surface area contributed by atoms with Crippen molar-refractivity contribution in [2.45, 2.75) is 17.7 Å². The molecule has 0 spiro atoms. The van der Waals surface area contributed by atoms with Crippen LogP contribution < -0.4 is 9.70 Å². The first kappa shape index (κ1) is 20.2. The summed E-state index contributed by atoms with van der Waals surface area (Å²) >= 11 is 1.20. The van der Waals surface area contributed by atoms with E-state index in [0.29, 0.717) is 15.2 Å². The van der Waals surface area contributed by atoms with Gasteiger partial charge in [-0.25, -0.2) is 8.42 Å². The zero-order chi connectivity index (χ0) is 21.6. The number of hydrogen-bond donors (Lipinski definition) is 0. The van der Waals surface area contributed by atoms with Crippen molar-refractivity contribution in [3.8, 4) is 0 Å². The lowest BCUT2D eigenvalue weighted by Crippen LogP contribution is -2.28. The van der Waals surface area contributed by atoms with Crippen LogP contribution in [0.25, 0.3) is 10.2 Å². The summed E-state index contributed by atoms with van der Waals surface area (Å²) in [5, 5.41) is 0. The number of aromatic nitrogens is 1. The maximum absolute atomic E-state index is 12.7. The van der Waals surface area contributed by atoms with E-state index in [0.717, 1.165) is 16.7 Å². The summed E-state index contributed by atoms with van der Waals surface area (Å²) in [7, 11) is -1.61. The fourth-order valence-corrected chi connectivity index (χ4v) is 5.02. The predicted molar refractivity (Wildman–Crippen MR) is 112 cm³/mol. The van der Waals surface area contributed by atoms with Crippen molar-refractivity contribution in [3.63, 3.8) is 0 Å². The molecule has 1 aromatic heterocycles. The highest BCUT2D eigenvalue weighted by molar-refractivity contribution is 7.90. The number of amides is 3. The first-order valence-corrected chi connectivity index (χ1v) is 11.7. The van der Waals surface area contributed by atoms with Crippen LogP contribution in [0, 0.1) is 0 Å². The molecule has 0 atom stereocenters. The van der Waals surface area contributed by atoms with Crippen LogP contribution in [0.5, 0.6) is 0 Å². The minimum absolute atomic E-state index is 0.161. The molecule has 4 rings (SSSR count). The second-order valence-corrected chi connectivity index (χ2v) is 9.96. The molecular formula is C20H17N3O5S2. The van der Waals surface area contributed by atoms with E-state index in [9.17, 15) is 22.8 Å². The van der Waals surface area contributed by atoms with Gasteiger partial charge in [-0.15, -0.1) is 0 Å². The molecule has 30 heavy (non-hydrogen) atoms. The fourth-order valence-electron chi connectivity index (χ4n) is 3.25. The van der Waals surface area contributed by atoms with Gasteiger partial charge in [0.25, 0.3) is 5.91 Å². The predicted octanol–water partition coefficient (Wildman–Crippen LogP) is 2.04. The highest BCUT2D eigenvalue weighted by atomic mass is 32.2. The largest absolute Gasteiger partial charge is 0.319 e. The Bertz CT molecular complexity index is 1380. The van der Waals surface area contributed by atoms with E-state index in [1.54, 1.807) is 41.9 Å². The normalized spacial score (nSPS) is 15.4. The number of thiazole rings is 1. The van der Waals surface area contributed by atoms with Crippen molar-refractivity contribution in [2.75, 3.05) is 11.2 Å². The van der Waals surface area contributed by atoms with Crippen LogP contribution >= 0.6 is 11.3 Å². The zero-order valence-corrected chi connectivity index (χ0v) is 17.8. The van der Waals surface area contributed by atoms with Crippen LogP contribution in [0.15, 0.2) is 52.4 Å². The number of benzene rings is 2. The van der Waals surface area contributed by atoms with Gasteiger partial charge < -0.3 is 4.57 Å². The van der Waals surface area contributed by atoms with E-state index in [2.05, 4.69) is 4.99 Å². The van der Waals surface area contributed by atoms with Crippen molar-refractivity contribution in [1.29, 1.82) is 0 Å². The summed E-state index contributed by atoms with van der Waals surface area (Å²) < 4.78 is 26.0. The Hall–Kier alpha value is -3.11. The number of rotatable bonds is 3. The van der Waals surface area contributed by atoms with Crippen LogP contribution in [-0.4, -0.2) is 37.0 Å². The average Bonchev–Trinajstić information content (AvgIpc) is 3.19. The van der Waals surface area contributed by atoms with Crippen LogP contribution in [0.4, 0.5) is 5.69 Å². The topological polar surface area (TPSA) is 106 Å². The Morgan fingerprint density at radius 2 is 1.77 bits per heavy atom. The third-order valence-electron chi connectivity index (χ3n) is 4.81. The number of hydrogen-bond acceptors (Lipinski definition) is 6. The maximum atomic E-state index is 12.7. The van der Waals surface area contributed by atoms with Gasteiger partial charge in [-0.3, -0.25) is 19.3 Å². The molecule has 8 nitrogen and oxygen atoms in total. The van der Waals surface area contributed by atoms with Gasteiger partial charge in [0.05, 0.1) is 20.8 Å². The highest BCUT2D eigenvalue weighted by Gasteiger charge is 2.30. The van der Waals surface area contributed by atoms with Gasteiger partial charge in [0, 0.05) is 31.7 Å². The third kappa shape index (κ3) is 3.59. The molecule has 154 valence electrons. The average molecular weight is 444 g/mol. The quantitative estimate of drug-likeness (QED) is 0.576. The van der Waals surface area contributed by atoms with Crippen molar-refractivity contribution in [2.24, 2.45) is 12.0 Å². The molecule has 1 saturated heterocycles. The number of aryl methyl sites for hydroxylation is 1. The minimum atomic E-state index is -3.35. The molecule has 1 aliphatic rings. The van der Waals surface area contributed by atoms with Gasteiger partial charge in [-0.2, -0.15) is 4.99 Å². The monoisotopic (exact) mass is 443 g/mol. The van der Waals surface area contributed by atoms with Crippen molar-refractivity contribution in [1.82, 2.24) is 4.57 Å². The number of nitrogens with zero attached hydrogens (tertiary/aromatic N) is 3. The molecule has 2 heterocycles. The molecule has 3 aromatic rings. The number of fused-ring (bicyclic) bond motifs is 1. The highest BCUT2D eigenvalue weighted by Crippen LogP contribution is 2.24. The van der Waals surface area contributed by atoms with Gasteiger partial charge in [0.1, 0.15) is 0 Å². The van der Waals surface area contributed by atoms with E-state index >= 15 is 0 Å². The van der Waals surface area contributed by atoms with Gasteiger partial charge in [0.15, 0.2) is 14.6 Å². The molecule has 0 radical (unpaired) electrons. The Morgan fingerprint density at radius 1 is 1.07 bits per heavy atom. The summed E-state index contributed by atoms with van der Waals surface area (Å²) in [4.78, 5) is 42.5. The molecule has 0 bridgehead atoms. The van der Waals surface area contributed by atoms with Crippen molar-refractivity contribution < 1.29 is 22.8 Å². The smallest absolute Gasteiger partial charge is 0.279 e. The van der Waals surface area contributed by atoms with E-state index in [4.69, 9.17) is 0 Å². The molecule has 10 heteroatoms.